The monoisotopic (exact) mass is 353 g/mol. The molecule has 6 heteroatoms. The maximum absolute atomic E-state index is 11.9. The maximum Gasteiger partial charge on any atom is 0.311 e. The van der Waals surface area contributed by atoms with Crippen molar-refractivity contribution in [3.8, 4) is 17.2 Å². The summed E-state index contributed by atoms with van der Waals surface area (Å²) >= 11 is 0. The van der Waals surface area contributed by atoms with E-state index in [1.165, 1.54) is 4.80 Å². The molecule has 6 nitrogen and oxygen atoms in total. The van der Waals surface area contributed by atoms with Gasteiger partial charge in [0.25, 0.3) is 0 Å². The molecule has 0 aliphatic rings. The van der Waals surface area contributed by atoms with Crippen molar-refractivity contribution in [2.45, 2.75) is 46.0 Å². The van der Waals surface area contributed by atoms with Gasteiger partial charge in [0.05, 0.1) is 0 Å². The highest BCUT2D eigenvalue weighted by molar-refractivity contribution is 5.75. The minimum atomic E-state index is -0.349. The zero-order chi connectivity index (χ0) is 18.9. The zero-order valence-corrected chi connectivity index (χ0v) is 15.5. The van der Waals surface area contributed by atoms with Crippen LogP contribution in [0.2, 0.25) is 0 Å². The quantitative estimate of drug-likeness (QED) is 0.564. The number of fused-ring (bicyclic) bond motifs is 1. The number of phenols is 1. The summed E-state index contributed by atoms with van der Waals surface area (Å²) in [5.74, 6) is 0.151. The largest absolute Gasteiger partial charge is 0.505 e. The van der Waals surface area contributed by atoms with Gasteiger partial charge in [-0.3, -0.25) is 4.79 Å². The summed E-state index contributed by atoms with van der Waals surface area (Å²) < 4.78 is 5.46. The predicted molar refractivity (Wildman–Crippen MR) is 99.8 cm³/mol. The summed E-state index contributed by atoms with van der Waals surface area (Å²) in [6, 6.07) is 10.8. The second-order valence-corrected chi connectivity index (χ2v) is 7.29. The summed E-state index contributed by atoms with van der Waals surface area (Å²) in [7, 11) is 0. The Bertz CT molecular complexity index is 922. The van der Waals surface area contributed by atoms with Gasteiger partial charge in [0.15, 0.2) is 0 Å². The van der Waals surface area contributed by atoms with Gasteiger partial charge in [0, 0.05) is 18.1 Å². The minimum absolute atomic E-state index is 0.0769. The third-order valence-electron chi connectivity index (χ3n) is 4.06. The van der Waals surface area contributed by atoms with Crippen LogP contribution >= 0.6 is 0 Å². The fraction of sp³-hybridized carbons (Fsp3) is 0.350. The number of rotatable bonds is 4. The second-order valence-electron chi connectivity index (χ2n) is 7.29. The number of esters is 1. The number of hydrogen-bond donors (Lipinski definition) is 1. The van der Waals surface area contributed by atoms with E-state index in [1.54, 1.807) is 12.1 Å². The molecule has 0 atom stereocenters. The fourth-order valence-corrected chi connectivity index (χ4v) is 2.73. The van der Waals surface area contributed by atoms with Crippen molar-refractivity contribution < 1.29 is 14.6 Å². The first-order valence-corrected chi connectivity index (χ1v) is 8.70. The molecule has 1 heterocycles. The third kappa shape index (κ3) is 3.54. The molecule has 1 N–H and O–H groups in total. The molecule has 0 aliphatic heterocycles. The molecule has 0 aliphatic carbocycles. The Balaban J connectivity index is 2.14. The Morgan fingerprint density at radius 2 is 1.77 bits per heavy atom. The number of aromatic nitrogens is 3. The van der Waals surface area contributed by atoms with Crippen LogP contribution in [-0.2, 0) is 10.2 Å². The normalized spacial score (nSPS) is 11.7. The predicted octanol–water partition coefficient (Wildman–Crippen LogP) is 4.13. The third-order valence-corrected chi connectivity index (χ3v) is 4.06. The SMILES string of the molecule is CCCC(=O)Oc1cc(-n2nc3ccccc3n2)c(O)c(C(C)(C)C)c1. The molecule has 0 radical (unpaired) electrons. The topological polar surface area (TPSA) is 77.2 Å². The molecule has 0 saturated carbocycles. The number of benzene rings is 2. The van der Waals surface area contributed by atoms with E-state index in [9.17, 15) is 9.90 Å². The molecule has 1 aromatic heterocycles. The standard InChI is InChI=1S/C20H23N3O3/c1-5-8-18(24)26-13-11-14(20(2,3)4)19(25)17(12-13)23-21-15-9-6-7-10-16(15)22-23/h6-7,9-12,25H,5,8H2,1-4H3. The van der Waals surface area contributed by atoms with Gasteiger partial charge in [-0.05, 0) is 30.0 Å². The van der Waals surface area contributed by atoms with Crippen molar-refractivity contribution >= 4 is 17.0 Å². The zero-order valence-electron chi connectivity index (χ0n) is 15.5. The molecular weight excluding hydrogens is 330 g/mol. The van der Waals surface area contributed by atoms with E-state index in [4.69, 9.17) is 4.74 Å². The Morgan fingerprint density at radius 1 is 1.15 bits per heavy atom. The smallest absolute Gasteiger partial charge is 0.311 e. The Labute approximate surface area is 152 Å². The lowest BCUT2D eigenvalue weighted by atomic mass is 9.86. The first-order chi connectivity index (χ1) is 12.3. The van der Waals surface area contributed by atoms with Crippen LogP contribution in [0.15, 0.2) is 36.4 Å². The van der Waals surface area contributed by atoms with Crippen molar-refractivity contribution in [1.29, 1.82) is 0 Å². The Kier molecular flexibility index (Phi) is 4.68. The fourth-order valence-electron chi connectivity index (χ4n) is 2.73. The number of aromatic hydroxyl groups is 1. The van der Waals surface area contributed by atoms with Crippen LogP contribution in [-0.4, -0.2) is 26.1 Å². The van der Waals surface area contributed by atoms with E-state index in [-0.39, 0.29) is 17.1 Å². The van der Waals surface area contributed by atoms with Crippen LogP contribution in [0.1, 0.15) is 46.1 Å². The molecule has 2 aromatic carbocycles. The van der Waals surface area contributed by atoms with Gasteiger partial charge < -0.3 is 9.84 Å². The number of carbonyl (C=O) groups excluding carboxylic acids is 1. The van der Waals surface area contributed by atoms with Gasteiger partial charge in [-0.2, -0.15) is 0 Å². The van der Waals surface area contributed by atoms with Crippen molar-refractivity contribution in [2.24, 2.45) is 0 Å². The lowest BCUT2D eigenvalue weighted by Gasteiger charge is -2.22. The van der Waals surface area contributed by atoms with E-state index in [0.29, 0.717) is 29.8 Å². The minimum Gasteiger partial charge on any atom is -0.505 e. The average molecular weight is 353 g/mol. The van der Waals surface area contributed by atoms with E-state index in [2.05, 4.69) is 10.2 Å². The molecule has 0 fully saturated rings. The molecule has 0 unspecified atom stereocenters. The van der Waals surface area contributed by atoms with Gasteiger partial charge in [-0.1, -0.05) is 39.8 Å². The molecule has 0 saturated heterocycles. The van der Waals surface area contributed by atoms with Crippen molar-refractivity contribution in [3.05, 3.63) is 42.0 Å². The van der Waals surface area contributed by atoms with Gasteiger partial charge in [-0.15, -0.1) is 15.0 Å². The van der Waals surface area contributed by atoms with Crippen LogP contribution < -0.4 is 4.74 Å². The van der Waals surface area contributed by atoms with Gasteiger partial charge in [-0.25, -0.2) is 0 Å². The first-order valence-electron chi connectivity index (χ1n) is 8.70. The van der Waals surface area contributed by atoms with E-state index in [0.717, 1.165) is 11.0 Å². The molecule has 136 valence electrons. The Hall–Kier alpha value is -2.89. The summed E-state index contributed by atoms with van der Waals surface area (Å²) in [4.78, 5) is 13.3. The lowest BCUT2D eigenvalue weighted by molar-refractivity contribution is -0.134. The van der Waals surface area contributed by atoms with Crippen LogP contribution in [0.25, 0.3) is 16.7 Å². The van der Waals surface area contributed by atoms with Gasteiger partial charge in [0.2, 0.25) is 0 Å². The molecule has 26 heavy (non-hydrogen) atoms. The van der Waals surface area contributed by atoms with Crippen LogP contribution in [0.3, 0.4) is 0 Å². The van der Waals surface area contributed by atoms with Crippen LogP contribution in [0.4, 0.5) is 0 Å². The van der Waals surface area contributed by atoms with E-state index < -0.39 is 0 Å². The molecule has 0 spiro atoms. The van der Waals surface area contributed by atoms with Gasteiger partial charge >= 0.3 is 5.97 Å². The molecule has 3 rings (SSSR count). The van der Waals surface area contributed by atoms with Crippen LogP contribution in [0.5, 0.6) is 11.5 Å². The summed E-state index contributed by atoms with van der Waals surface area (Å²) in [5.41, 5.74) is 2.14. The van der Waals surface area contributed by atoms with Crippen molar-refractivity contribution in [1.82, 2.24) is 15.0 Å². The lowest BCUT2D eigenvalue weighted by Crippen LogP contribution is -2.15. The number of carbonyl (C=O) groups is 1. The summed E-state index contributed by atoms with van der Waals surface area (Å²) in [6.45, 7) is 7.87. The van der Waals surface area contributed by atoms with E-state index >= 15 is 0 Å². The highest BCUT2D eigenvalue weighted by Crippen LogP contribution is 2.38. The summed E-state index contributed by atoms with van der Waals surface area (Å²) in [5, 5.41) is 19.7. The molecular formula is C20H23N3O3. The highest BCUT2D eigenvalue weighted by atomic mass is 16.5. The highest BCUT2D eigenvalue weighted by Gasteiger charge is 2.24. The number of nitrogens with zero attached hydrogens (tertiary/aromatic N) is 3. The summed E-state index contributed by atoms with van der Waals surface area (Å²) in [6.07, 6.45) is 1.05. The Morgan fingerprint density at radius 3 is 2.31 bits per heavy atom. The maximum atomic E-state index is 11.9. The first kappa shape index (κ1) is 17.9. The van der Waals surface area contributed by atoms with Crippen molar-refractivity contribution in [3.63, 3.8) is 0 Å². The number of ether oxygens (including phenoxy) is 1. The van der Waals surface area contributed by atoms with Crippen LogP contribution in [0, 0.1) is 0 Å². The second kappa shape index (κ2) is 6.78. The number of phenolic OH excluding ortho intramolecular Hbond substituents is 1. The van der Waals surface area contributed by atoms with Gasteiger partial charge in [0.1, 0.15) is 28.2 Å². The molecule has 3 aromatic rings. The van der Waals surface area contributed by atoms with Crippen molar-refractivity contribution in [2.75, 3.05) is 0 Å². The number of hydrogen-bond acceptors (Lipinski definition) is 5. The molecule has 0 bridgehead atoms. The molecule has 0 amide bonds. The average Bonchev–Trinajstić information content (AvgIpc) is 2.99. The van der Waals surface area contributed by atoms with E-state index in [1.807, 2.05) is 52.0 Å².